The van der Waals surface area contributed by atoms with Crippen molar-refractivity contribution < 1.29 is 17.6 Å². The number of nitrogens with zero attached hydrogens (tertiary/aromatic N) is 2. The lowest BCUT2D eigenvalue weighted by molar-refractivity contribution is -0.140. The third kappa shape index (κ3) is 4.97. The molecule has 0 radical (unpaired) electrons. The molecule has 0 aliphatic carbocycles. The number of alkyl halides is 3. The Labute approximate surface area is 155 Å². The summed E-state index contributed by atoms with van der Waals surface area (Å²) in [5.41, 5.74) is 1.11. The van der Waals surface area contributed by atoms with Gasteiger partial charge in [0.05, 0.1) is 22.6 Å². The first-order chi connectivity index (χ1) is 12.1. The Morgan fingerprint density at radius 3 is 2.50 bits per heavy atom. The lowest BCUT2D eigenvalue weighted by Crippen LogP contribution is -2.14. The fraction of sp³-hybridized carbons (Fsp3) is 0.316. The lowest BCUT2D eigenvalue weighted by Gasteiger charge is -2.13. The van der Waals surface area contributed by atoms with Gasteiger partial charge in [0.25, 0.3) is 0 Å². The normalized spacial score (nSPS) is 12.0. The highest BCUT2D eigenvalue weighted by molar-refractivity contribution is 6.33. The van der Waals surface area contributed by atoms with Gasteiger partial charge in [0.2, 0.25) is 0 Å². The van der Waals surface area contributed by atoms with E-state index >= 15 is 0 Å². The van der Waals surface area contributed by atoms with Crippen molar-refractivity contribution in [2.24, 2.45) is 4.99 Å². The van der Waals surface area contributed by atoms with Gasteiger partial charge in [-0.05, 0) is 55.2 Å². The summed E-state index contributed by atoms with van der Waals surface area (Å²) in [6, 6.07) is 6.58. The van der Waals surface area contributed by atoms with Crippen LogP contribution in [-0.2, 0) is 12.6 Å². The number of aryl methyl sites for hydroxylation is 1. The zero-order valence-electron chi connectivity index (χ0n) is 14.7. The first kappa shape index (κ1) is 20.2. The van der Waals surface area contributed by atoms with Crippen molar-refractivity contribution in [3.8, 4) is 0 Å². The number of rotatable bonds is 5. The first-order valence-corrected chi connectivity index (χ1v) is 8.38. The summed E-state index contributed by atoms with van der Waals surface area (Å²) >= 11 is 6.39. The molecule has 0 unspecified atom stereocenters. The van der Waals surface area contributed by atoms with Crippen LogP contribution in [0.4, 0.5) is 23.2 Å². The molecule has 0 fully saturated rings. The molecule has 0 aliphatic heterocycles. The predicted octanol–water partition coefficient (Wildman–Crippen LogP) is 6.01. The largest absolute Gasteiger partial charge is 0.419 e. The highest BCUT2D eigenvalue weighted by atomic mass is 35.5. The predicted molar refractivity (Wildman–Crippen MR) is 96.9 cm³/mol. The van der Waals surface area contributed by atoms with E-state index in [2.05, 4.69) is 4.99 Å². The molecule has 26 heavy (non-hydrogen) atoms. The summed E-state index contributed by atoms with van der Waals surface area (Å²) in [5.74, 6) is -1.29. The van der Waals surface area contributed by atoms with Gasteiger partial charge in [-0.2, -0.15) is 13.2 Å². The maximum Gasteiger partial charge on any atom is 0.419 e. The van der Waals surface area contributed by atoms with E-state index in [9.17, 15) is 17.6 Å². The van der Waals surface area contributed by atoms with Crippen LogP contribution in [0.2, 0.25) is 5.02 Å². The second-order valence-electron chi connectivity index (χ2n) is 6.06. The van der Waals surface area contributed by atoms with Crippen molar-refractivity contribution in [3.05, 3.63) is 63.4 Å². The minimum atomic E-state index is -4.74. The number of hydrogen-bond acceptors (Lipinski definition) is 1. The third-order valence-corrected chi connectivity index (χ3v) is 4.33. The van der Waals surface area contributed by atoms with Crippen molar-refractivity contribution >= 4 is 23.6 Å². The molecule has 0 amide bonds. The first-order valence-electron chi connectivity index (χ1n) is 8.01. The van der Waals surface area contributed by atoms with E-state index in [1.165, 1.54) is 6.07 Å². The van der Waals surface area contributed by atoms with E-state index in [0.29, 0.717) is 21.8 Å². The topological polar surface area (TPSA) is 15.6 Å². The second-order valence-corrected chi connectivity index (χ2v) is 6.44. The van der Waals surface area contributed by atoms with Gasteiger partial charge in [-0.15, -0.1) is 0 Å². The molecule has 0 spiro atoms. The minimum absolute atomic E-state index is 0.149. The number of aliphatic imine (C=N–C) groups is 1. The number of halogens is 5. The second kappa shape index (κ2) is 8.08. The number of benzene rings is 2. The molecule has 2 rings (SSSR count). The van der Waals surface area contributed by atoms with Crippen molar-refractivity contribution in [2.75, 3.05) is 13.6 Å². The van der Waals surface area contributed by atoms with Crippen LogP contribution in [0.3, 0.4) is 0 Å². The van der Waals surface area contributed by atoms with E-state index in [0.717, 1.165) is 24.2 Å². The van der Waals surface area contributed by atoms with Gasteiger partial charge in [0.1, 0.15) is 5.82 Å². The molecule has 0 saturated heterocycles. The monoisotopic (exact) mass is 386 g/mol. The van der Waals surface area contributed by atoms with Crippen molar-refractivity contribution in [3.63, 3.8) is 0 Å². The van der Waals surface area contributed by atoms with E-state index < -0.39 is 17.6 Å². The van der Waals surface area contributed by atoms with Crippen LogP contribution in [0.25, 0.3) is 0 Å². The van der Waals surface area contributed by atoms with E-state index in [4.69, 9.17) is 11.6 Å². The fourth-order valence-corrected chi connectivity index (χ4v) is 2.63. The van der Waals surface area contributed by atoms with Crippen LogP contribution in [0.5, 0.6) is 0 Å². The summed E-state index contributed by atoms with van der Waals surface area (Å²) < 4.78 is 52.1. The summed E-state index contributed by atoms with van der Waals surface area (Å²) in [4.78, 5) is 6.21. The van der Waals surface area contributed by atoms with E-state index in [1.807, 2.05) is 25.8 Å². The molecule has 0 aromatic heterocycles. The van der Waals surface area contributed by atoms with Gasteiger partial charge >= 0.3 is 6.18 Å². The van der Waals surface area contributed by atoms with Crippen LogP contribution in [-0.4, -0.2) is 24.8 Å². The summed E-state index contributed by atoms with van der Waals surface area (Å²) in [6.07, 6.45) is -2.95. The molecule has 0 aliphatic rings. The summed E-state index contributed by atoms with van der Waals surface area (Å²) in [7, 11) is 1.87. The molecule has 7 heteroatoms. The van der Waals surface area contributed by atoms with Gasteiger partial charge < -0.3 is 4.90 Å². The van der Waals surface area contributed by atoms with Crippen LogP contribution >= 0.6 is 11.6 Å². The molecule has 2 aromatic carbocycles. The highest BCUT2D eigenvalue weighted by Gasteiger charge is 2.34. The van der Waals surface area contributed by atoms with Gasteiger partial charge in [-0.25, -0.2) is 9.38 Å². The molecule has 0 atom stereocenters. The van der Waals surface area contributed by atoms with Crippen LogP contribution < -0.4 is 0 Å². The zero-order chi connectivity index (χ0) is 19.5. The molecule has 0 N–H and O–H groups in total. The van der Waals surface area contributed by atoms with E-state index in [1.54, 1.807) is 18.5 Å². The molecule has 2 nitrogen and oxygen atoms in total. The van der Waals surface area contributed by atoms with Crippen LogP contribution in [0.1, 0.15) is 29.2 Å². The van der Waals surface area contributed by atoms with Crippen LogP contribution in [0, 0.1) is 12.7 Å². The molecular formula is C19H19ClF4N2. The smallest absolute Gasteiger partial charge is 0.366 e. The molecule has 0 heterocycles. The average molecular weight is 387 g/mol. The Balaban J connectivity index is 2.39. The maximum absolute atomic E-state index is 13.5. The van der Waals surface area contributed by atoms with Crippen molar-refractivity contribution in [1.29, 1.82) is 0 Å². The standard InChI is InChI=1S/C19H19ClF4N2/c1-4-26(3)11-25-17-8-12(2)7-14(18(17)20)9-13-5-6-16(21)15(10-13)19(22,23)24/h5-8,10-11H,4,9H2,1-3H3/b25-11-. The molecule has 2 aromatic rings. The summed E-state index contributed by atoms with van der Waals surface area (Å²) in [5, 5.41) is 0.370. The Morgan fingerprint density at radius 2 is 1.88 bits per heavy atom. The Hall–Kier alpha value is -2.08. The molecule has 140 valence electrons. The van der Waals surface area contributed by atoms with Crippen molar-refractivity contribution in [1.82, 2.24) is 4.90 Å². The Kier molecular flexibility index (Phi) is 6.29. The molecule has 0 bridgehead atoms. The lowest BCUT2D eigenvalue weighted by atomic mass is 10.00. The summed E-state index contributed by atoms with van der Waals surface area (Å²) in [6.45, 7) is 4.60. The van der Waals surface area contributed by atoms with Gasteiger partial charge in [-0.1, -0.05) is 23.7 Å². The van der Waals surface area contributed by atoms with Crippen molar-refractivity contribution in [2.45, 2.75) is 26.4 Å². The number of hydrogen-bond donors (Lipinski definition) is 0. The fourth-order valence-electron chi connectivity index (χ4n) is 2.41. The molecule has 0 saturated carbocycles. The Bertz CT molecular complexity index is 816. The third-order valence-electron chi connectivity index (χ3n) is 3.90. The minimum Gasteiger partial charge on any atom is -0.366 e. The van der Waals surface area contributed by atoms with Gasteiger partial charge in [0, 0.05) is 13.6 Å². The maximum atomic E-state index is 13.5. The highest BCUT2D eigenvalue weighted by Crippen LogP contribution is 2.34. The van der Waals surface area contributed by atoms with Gasteiger partial charge in [0.15, 0.2) is 0 Å². The molecular weight excluding hydrogens is 368 g/mol. The van der Waals surface area contributed by atoms with Crippen LogP contribution in [0.15, 0.2) is 35.3 Å². The Morgan fingerprint density at radius 1 is 1.19 bits per heavy atom. The SMILES string of the molecule is CCN(C)/C=N\c1cc(C)cc(Cc2ccc(F)c(C(F)(F)F)c2)c1Cl. The average Bonchev–Trinajstić information content (AvgIpc) is 2.56. The quantitative estimate of drug-likeness (QED) is 0.349. The zero-order valence-corrected chi connectivity index (χ0v) is 15.4. The van der Waals surface area contributed by atoms with E-state index in [-0.39, 0.29) is 6.42 Å². The van der Waals surface area contributed by atoms with Gasteiger partial charge in [-0.3, -0.25) is 0 Å².